The van der Waals surface area contributed by atoms with E-state index in [4.69, 9.17) is 4.42 Å². The summed E-state index contributed by atoms with van der Waals surface area (Å²) < 4.78 is 9.23. The number of fused-ring (bicyclic) bond motifs is 10. The summed E-state index contributed by atoms with van der Waals surface area (Å²) in [4.78, 5) is 2.47. The van der Waals surface area contributed by atoms with Crippen LogP contribution in [0.2, 0.25) is 0 Å². The second-order valence-electron chi connectivity index (χ2n) is 16.1. The highest BCUT2D eigenvalue weighted by Gasteiger charge is 2.38. The van der Waals surface area contributed by atoms with Gasteiger partial charge in [0.1, 0.15) is 11.2 Å². The molecule has 3 heteroatoms. The van der Waals surface area contributed by atoms with Crippen molar-refractivity contribution in [3.8, 4) is 27.9 Å². The third-order valence-corrected chi connectivity index (χ3v) is 12.6. The molecule has 9 aromatic carbocycles. The van der Waals surface area contributed by atoms with Gasteiger partial charge in [-0.05, 0) is 88.1 Å². The van der Waals surface area contributed by atoms with Crippen LogP contribution in [0.5, 0.6) is 0 Å². The zero-order valence-corrected chi connectivity index (χ0v) is 32.3. The molecule has 58 heavy (non-hydrogen) atoms. The molecule has 12 rings (SSSR count). The van der Waals surface area contributed by atoms with Gasteiger partial charge in [-0.25, -0.2) is 0 Å². The standard InChI is InChI=1S/C55H38N2O/c1-55(2)46-23-9-5-20-44(46)53-47(55)24-14-28-51(53)57(38-31-29-37(30-32-38)56-48-25-10-6-17-39(48)40-18-7-11-26-49(40)56)50-27-12-8-19-41(50)42-21-13-22-43-45-33-35-15-3-4-16-36(35)34-52(45)58-54(42)43/h3-34H,1-2H3. The molecule has 0 atom stereocenters. The molecule has 0 N–H and O–H groups in total. The molecule has 2 heterocycles. The summed E-state index contributed by atoms with van der Waals surface area (Å²) in [6.45, 7) is 4.71. The summed E-state index contributed by atoms with van der Waals surface area (Å²) in [6, 6.07) is 70.6. The molecule has 2 aromatic heterocycles. The Hall–Kier alpha value is -7.36. The molecule has 11 aromatic rings. The Morgan fingerprint density at radius 3 is 1.79 bits per heavy atom. The molecule has 0 fully saturated rings. The summed E-state index contributed by atoms with van der Waals surface area (Å²) in [5.41, 5.74) is 15.9. The SMILES string of the molecule is CC1(C)c2ccccc2-c2c(N(c3ccc(-n4c5ccccc5c5ccccc54)cc3)c3ccccc3-c3cccc4c3oc3cc5ccccc5cc34)cccc21. The van der Waals surface area contributed by atoms with Crippen LogP contribution < -0.4 is 4.90 Å². The lowest BCUT2D eigenvalue weighted by atomic mass is 9.82. The molecule has 0 aliphatic heterocycles. The number of rotatable bonds is 5. The molecule has 0 saturated carbocycles. The first kappa shape index (κ1) is 32.8. The topological polar surface area (TPSA) is 21.3 Å². The van der Waals surface area contributed by atoms with Gasteiger partial charge in [0, 0.05) is 55.0 Å². The molecular formula is C55H38N2O. The number of benzene rings is 9. The normalized spacial score (nSPS) is 13.1. The van der Waals surface area contributed by atoms with Crippen molar-refractivity contribution in [2.75, 3.05) is 4.90 Å². The fourth-order valence-corrected chi connectivity index (χ4v) is 9.87. The average Bonchev–Trinajstić information content (AvgIpc) is 3.89. The quantitative estimate of drug-likeness (QED) is 0.175. The number of anilines is 3. The maximum Gasteiger partial charge on any atom is 0.143 e. The molecule has 0 saturated heterocycles. The molecule has 1 aliphatic carbocycles. The number of nitrogens with zero attached hydrogens (tertiary/aromatic N) is 2. The van der Waals surface area contributed by atoms with Crippen molar-refractivity contribution in [2.45, 2.75) is 19.3 Å². The second-order valence-corrected chi connectivity index (χ2v) is 16.1. The predicted octanol–water partition coefficient (Wildman–Crippen LogP) is 15.3. The van der Waals surface area contributed by atoms with E-state index in [-0.39, 0.29) is 5.41 Å². The number of hydrogen-bond donors (Lipinski definition) is 0. The van der Waals surface area contributed by atoms with Gasteiger partial charge in [-0.3, -0.25) is 0 Å². The Balaban J connectivity index is 1.10. The molecule has 0 bridgehead atoms. The third-order valence-electron chi connectivity index (χ3n) is 12.6. The molecule has 1 aliphatic rings. The minimum Gasteiger partial charge on any atom is -0.455 e. The number of aromatic nitrogens is 1. The lowest BCUT2D eigenvalue weighted by Gasteiger charge is -2.30. The zero-order chi connectivity index (χ0) is 38.5. The van der Waals surface area contributed by atoms with E-state index in [9.17, 15) is 0 Å². The molecule has 0 radical (unpaired) electrons. The summed E-state index contributed by atoms with van der Waals surface area (Å²) in [7, 11) is 0. The van der Waals surface area contributed by atoms with E-state index in [1.807, 2.05) is 0 Å². The van der Waals surface area contributed by atoms with Crippen molar-refractivity contribution in [1.29, 1.82) is 0 Å². The fourth-order valence-electron chi connectivity index (χ4n) is 9.87. The minimum absolute atomic E-state index is 0.142. The monoisotopic (exact) mass is 742 g/mol. The van der Waals surface area contributed by atoms with E-state index in [2.05, 4.69) is 217 Å². The summed E-state index contributed by atoms with van der Waals surface area (Å²) >= 11 is 0. The van der Waals surface area contributed by atoms with Crippen molar-refractivity contribution < 1.29 is 4.42 Å². The van der Waals surface area contributed by atoms with E-state index < -0.39 is 0 Å². The van der Waals surface area contributed by atoms with Crippen molar-refractivity contribution in [1.82, 2.24) is 4.57 Å². The van der Waals surface area contributed by atoms with Gasteiger partial charge in [0.25, 0.3) is 0 Å². The highest BCUT2D eigenvalue weighted by Crippen LogP contribution is 2.55. The van der Waals surface area contributed by atoms with Crippen molar-refractivity contribution in [3.63, 3.8) is 0 Å². The maximum absolute atomic E-state index is 6.85. The van der Waals surface area contributed by atoms with Crippen LogP contribution in [0.1, 0.15) is 25.0 Å². The molecule has 274 valence electrons. The van der Waals surface area contributed by atoms with Crippen molar-refractivity contribution in [2.24, 2.45) is 0 Å². The van der Waals surface area contributed by atoms with Crippen LogP contribution in [0.25, 0.3) is 82.5 Å². The van der Waals surface area contributed by atoms with Crippen molar-refractivity contribution >= 4 is 71.6 Å². The van der Waals surface area contributed by atoms with Gasteiger partial charge in [0.2, 0.25) is 0 Å². The predicted molar refractivity (Wildman–Crippen MR) is 243 cm³/mol. The summed E-state index contributed by atoms with van der Waals surface area (Å²) in [6.07, 6.45) is 0. The smallest absolute Gasteiger partial charge is 0.143 e. The Morgan fingerprint density at radius 2 is 1.02 bits per heavy atom. The number of para-hydroxylation sites is 4. The van der Waals surface area contributed by atoms with Gasteiger partial charge in [-0.15, -0.1) is 0 Å². The van der Waals surface area contributed by atoms with Gasteiger partial charge in [0.05, 0.1) is 22.4 Å². The van der Waals surface area contributed by atoms with Gasteiger partial charge in [-0.2, -0.15) is 0 Å². The Morgan fingerprint density at radius 1 is 0.448 bits per heavy atom. The van der Waals surface area contributed by atoms with Crippen LogP contribution in [0.3, 0.4) is 0 Å². The van der Waals surface area contributed by atoms with Gasteiger partial charge >= 0.3 is 0 Å². The first-order chi connectivity index (χ1) is 28.5. The van der Waals surface area contributed by atoms with E-state index in [1.54, 1.807) is 0 Å². The molecule has 3 nitrogen and oxygen atoms in total. The van der Waals surface area contributed by atoms with Crippen LogP contribution >= 0.6 is 0 Å². The fraction of sp³-hybridized carbons (Fsp3) is 0.0545. The molecule has 0 unspecified atom stereocenters. The van der Waals surface area contributed by atoms with Crippen LogP contribution in [-0.4, -0.2) is 4.57 Å². The minimum atomic E-state index is -0.142. The third kappa shape index (κ3) is 4.68. The molecule has 0 amide bonds. The van der Waals surface area contributed by atoms with Crippen LogP contribution in [0, 0.1) is 0 Å². The number of furan rings is 1. The van der Waals surface area contributed by atoms with Crippen LogP contribution in [0.4, 0.5) is 17.1 Å². The van der Waals surface area contributed by atoms with Gasteiger partial charge in [-0.1, -0.05) is 147 Å². The summed E-state index contributed by atoms with van der Waals surface area (Å²) in [5.74, 6) is 0. The lowest BCUT2D eigenvalue weighted by Crippen LogP contribution is -2.16. The highest BCUT2D eigenvalue weighted by atomic mass is 16.3. The zero-order valence-electron chi connectivity index (χ0n) is 32.3. The van der Waals surface area contributed by atoms with Crippen LogP contribution in [-0.2, 0) is 5.41 Å². The lowest BCUT2D eigenvalue weighted by molar-refractivity contribution is 0.660. The van der Waals surface area contributed by atoms with E-state index in [1.165, 1.54) is 54.8 Å². The van der Waals surface area contributed by atoms with Gasteiger partial charge < -0.3 is 13.9 Å². The first-order valence-corrected chi connectivity index (χ1v) is 20.1. The highest BCUT2D eigenvalue weighted by molar-refractivity contribution is 6.14. The Bertz CT molecular complexity index is 3380. The Labute approximate surface area is 336 Å². The number of hydrogen-bond acceptors (Lipinski definition) is 2. The van der Waals surface area contributed by atoms with E-state index in [0.29, 0.717) is 0 Å². The molecule has 0 spiro atoms. The summed E-state index contributed by atoms with van der Waals surface area (Å²) in [5, 5.41) is 7.14. The van der Waals surface area contributed by atoms with Gasteiger partial charge in [0.15, 0.2) is 0 Å². The Kier molecular flexibility index (Phi) is 6.98. The first-order valence-electron chi connectivity index (χ1n) is 20.1. The van der Waals surface area contributed by atoms with E-state index in [0.717, 1.165) is 55.8 Å². The van der Waals surface area contributed by atoms with Crippen molar-refractivity contribution in [3.05, 3.63) is 205 Å². The molecular weight excluding hydrogens is 705 g/mol. The van der Waals surface area contributed by atoms with Crippen LogP contribution in [0.15, 0.2) is 199 Å². The largest absolute Gasteiger partial charge is 0.455 e. The maximum atomic E-state index is 6.85. The average molecular weight is 743 g/mol. The van der Waals surface area contributed by atoms with E-state index >= 15 is 0 Å². The second kappa shape index (κ2) is 12.3.